The van der Waals surface area contributed by atoms with Crippen molar-refractivity contribution in [3.05, 3.63) is 54.1 Å². The van der Waals surface area contributed by atoms with Gasteiger partial charge in [0.1, 0.15) is 11.9 Å². The lowest BCUT2D eigenvalue weighted by atomic mass is 10.1. The Hall–Kier alpha value is -2.86. The van der Waals surface area contributed by atoms with Crippen molar-refractivity contribution in [2.24, 2.45) is 0 Å². The van der Waals surface area contributed by atoms with E-state index < -0.39 is 0 Å². The Bertz CT molecular complexity index is 752. The molecule has 25 heavy (non-hydrogen) atoms. The third kappa shape index (κ3) is 4.16. The van der Waals surface area contributed by atoms with Gasteiger partial charge in [0.25, 0.3) is 11.8 Å². The topological polar surface area (TPSA) is 76.7 Å². The molecule has 1 heterocycles. The van der Waals surface area contributed by atoms with Crippen LogP contribution in [0.5, 0.6) is 5.75 Å². The number of benzene rings is 2. The second-order valence-electron chi connectivity index (χ2n) is 5.72. The Morgan fingerprint density at radius 2 is 1.84 bits per heavy atom. The summed E-state index contributed by atoms with van der Waals surface area (Å²) >= 11 is 0. The summed E-state index contributed by atoms with van der Waals surface area (Å²) in [5, 5.41) is 5.61. The molecule has 0 saturated carbocycles. The molecule has 2 aromatic carbocycles. The van der Waals surface area contributed by atoms with E-state index >= 15 is 0 Å². The molecule has 2 aromatic rings. The molecule has 1 fully saturated rings. The smallest absolute Gasteiger partial charge is 0.255 e. The average molecular weight is 340 g/mol. The van der Waals surface area contributed by atoms with Crippen molar-refractivity contribution in [1.82, 2.24) is 0 Å². The van der Waals surface area contributed by atoms with Crippen LogP contribution in [0.25, 0.3) is 0 Å². The van der Waals surface area contributed by atoms with Crippen LogP contribution in [-0.2, 0) is 9.53 Å². The number of hydrogen-bond acceptors (Lipinski definition) is 4. The molecule has 2 N–H and O–H groups in total. The summed E-state index contributed by atoms with van der Waals surface area (Å²) in [5.41, 5.74) is 1.72. The summed E-state index contributed by atoms with van der Waals surface area (Å²) in [6.45, 7) is 0.625. The van der Waals surface area contributed by atoms with Gasteiger partial charge < -0.3 is 20.1 Å². The molecule has 1 aliphatic rings. The van der Waals surface area contributed by atoms with E-state index in [0.29, 0.717) is 29.3 Å². The second-order valence-corrected chi connectivity index (χ2v) is 5.72. The number of hydrogen-bond donors (Lipinski definition) is 2. The molecule has 0 aromatic heterocycles. The van der Waals surface area contributed by atoms with Gasteiger partial charge >= 0.3 is 0 Å². The predicted molar refractivity (Wildman–Crippen MR) is 95.0 cm³/mol. The highest BCUT2D eigenvalue weighted by Gasteiger charge is 2.23. The number of nitrogens with one attached hydrogen (secondary N) is 2. The number of para-hydroxylation sites is 2. The molecular formula is C19H20N2O4. The molecule has 130 valence electrons. The van der Waals surface area contributed by atoms with E-state index in [0.717, 1.165) is 12.8 Å². The molecule has 0 bridgehead atoms. The molecule has 0 radical (unpaired) electrons. The fraction of sp³-hybridized carbons (Fsp3) is 0.263. The lowest BCUT2D eigenvalue weighted by Gasteiger charge is -2.12. The van der Waals surface area contributed by atoms with E-state index in [1.807, 2.05) is 12.1 Å². The van der Waals surface area contributed by atoms with Crippen molar-refractivity contribution >= 4 is 23.2 Å². The maximum Gasteiger partial charge on any atom is 0.255 e. The van der Waals surface area contributed by atoms with Gasteiger partial charge in [-0.05, 0) is 49.2 Å². The maximum atomic E-state index is 12.4. The van der Waals surface area contributed by atoms with Crippen molar-refractivity contribution in [2.45, 2.75) is 18.9 Å². The molecular weight excluding hydrogens is 320 g/mol. The van der Waals surface area contributed by atoms with E-state index in [2.05, 4.69) is 10.6 Å². The summed E-state index contributed by atoms with van der Waals surface area (Å²) in [7, 11) is 1.55. The highest BCUT2D eigenvalue weighted by molar-refractivity contribution is 6.05. The Balaban J connectivity index is 1.63. The monoisotopic (exact) mass is 340 g/mol. The van der Waals surface area contributed by atoms with Crippen LogP contribution in [0.3, 0.4) is 0 Å². The first-order chi connectivity index (χ1) is 12.2. The first-order valence-corrected chi connectivity index (χ1v) is 8.14. The van der Waals surface area contributed by atoms with Crippen molar-refractivity contribution in [1.29, 1.82) is 0 Å². The zero-order valence-corrected chi connectivity index (χ0v) is 14.0. The largest absolute Gasteiger partial charge is 0.495 e. The number of amides is 2. The summed E-state index contributed by atoms with van der Waals surface area (Å²) in [5.74, 6) is 0.196. The summed E-state index contributed by atoms with van der Waals surface area (Å²) in [6, 6.07) is 13.9. The van der Waals surface area contributed by atoms with E-state index in [1.54, 1.807) is 43.5 Å². The molecule has 6 nitrogen and oxygen atoms in total. The quantitative estimate of drug-likeness (QED) is 0.877. The molecule has 0 aliphatic carbocycles. The zero-order valence-electron chi connectivity index (χ0n) is 14.0. The molecule has 3 rings (SSSR count). The van der Waals surface area contributed by atoms with Gasteiger partial charge in [0.2, 0.25) is 0 Å². The van der Waals surface area contributed by atoms with Crippen LogP contribution < -0.4 is 15.4 Å². The van der Waals surface area contributed by atoms with Crippen molar-refractivity contribution in [3.8, 4) is 5.75 Å². The normalized spacial score (nSPS) is 16.3. The van der Waals surface area contributed by atoms with Crippen LogP contribution in [-0.4, -0.2) is 31.6 Å². The SMILES string of the molecule is COc1ccccc1NC(=O)c1ccc(NC(=O)[C@H]2CCCO2)cc1. The van der Waals surface area contributed by atoms with Crippen LogP contribution in [0.1, 0.15) is 23.2 Å². The fourth-order valence-corrected chi connectivity index (χ4v) is 2.65. The van der Waals surface area contributed by atoms with Gasteiger partial charge in [-0.15, -0.1) is 0 Å². The minimum absolute atomic E-state index is 0.149. The van der Waals surface area contributed by atoms with Crippen molar-refractivity contribution in [3.63, 3.8) is 0 Å². The minimum Gasteiger partial charge on any atom is -0.495 e. The number of carbonyl (C=O) groups is 2. The number of rotatable bonds is 5. The second kappa shape index (κ2) is 7.81. The predicted octanol–water partition coefficient (Wildman–Crippen LogP) is 3.07. The van der Waals surface area contributed by atoms with E-state index in [1.165, 1.54) is 0 Å². The molecule has 1 aliphatic heterocycles. The summed E-state index contributed by atoms with van der Waals surface area (Å²) < 4.78 is 10.6. The van der Waals surface area contributed by atoms with Crippen LogP contribution in [0.2, 0.25) is 0 Å². The van der Waals surface area contributed by atoms with E-state index in [9.17, 15) is 9.59 Å². The van der Waals surface area contributed by atoms with Crippen molar-refractivity contribution < 1.29 is 19.1 Å². The Labute approximate surface area is 146 Å². The maximum absolute atomic E-state index is 12.4. The van der Waals surface area contributed by atoms with Crippen LogP contribution in [0.4, 0.5) is 11.4 Å². The van der Waals surface area contributed by atoms with Crippen molar-refractivity contribution in [2.75, 3.05) is 24.4 Å². The number of carbonyl (C=O) groups excluding carboxylic acids is 2. The van der Waals surface area contributed by atoms with Gasteiger partial charge in [0.05, 0.1) is 12.8 Å². The van der Waals surface area contributed by atoms with Gasteiger partial charge in [-0.1, -0.05) is 12.1 Å². The Morgan fingerprint density at radius 1 is 1.08 bits per heavy atom. The molecule has 1 saturated heterocycles. The van der Waals surface area contributed by atoms with E-state index in [4.69, 9.17) is 9.47 Å². The fourth-order valence-electron chi connectivity index (χ4n) is 2.65. The lowest BCUT2D eigenvalue weighted by Crippen LogP contribution is -2.26. The van der Waals surface area contributed by atoms with Gasteiger partial charge in [0.15, 0.2) is 0 Å². The highest BCUT2D eigenvalue weighted by Crippen LogP contribution is 2.24. The Kier molecular flexibility index (Phi) is 5.30. The molecule has 1 atom stereocenters. The van der Waals surface area contributed by atoms with Crippen LogP contribution in [0, 0.1) is 0 Å². The van der Waals surface area contributed by atoms with Gasteiger partial charge in [-0.3, -0.25) is 9.59 Å². The third-order valence-corrected chi connectivity index (χ3v) is 3.99. The number of ether oxygens (including phenoxy) is 2. The number of anilines is 2. The molecule has 0 unspecified atom stereocenters. The zero-order chi connectivity index (χ0) is 17.6. The molecule has 6 heteroatoms. The van der Waals surface area contributed by atoms with Crippen LogP contribution in [0.15, 0.2) is 48.5 Å². The Morgan fingerprint density at radius 3 is 2.52 bits per heavy atom. The van der Waals surface area contributed by atoms with E-state index in [-0.39, 0.29) is 17.9 Å². The van der Waals surface area contributed by atoms with Gasteiger partial charge in [-0.2, -0.15) is 0 Å². The standard InChI is InChI=1S/C19H20N2O4/c1-24-16-6-3-2-5-15(16)21-18(22)13-8-10-14(11-9-13)20-19(23)17-7-4-12-25-17/h2-3,5-6,8-11,17H,4,7,12H2,1H3,(H,20,23)(H,21,22)/t17-/m1/s1. The third-order valence-electron chi connectivity index (χ3n) is 3.99. The van der Waals surface area contributed by atoms with Crippen LogP contribution >= 0.6 is 0 Å². The first kappa shape index (κ1) is 17.0. The van der Waals surface area contributed by atoms with Gasteiger partial charge in [0, 0.05) is 17.9 Å². The summed E-state index contributed by atoms with van der Waals surface area (Å²) in [6.07, 6.45) is 1.26. The molecule has 0 spiro atoms. The first-order valence-electron chi connectivity index (χ1n) is 8.14. The minimum atomic E-state index is -0.381. The lowest BCUT2D eigenvalue weighted by molar-refractivity contribution is -0.124. The summed E-state index contributed by atoms with van der Waals surface area (Å²) in [4.78, 5) is 24.4. The highest BCUT2D eigenvalue weighted by atomic mass is 16.5. The van der Waals surface area contributed by atoms with Gasteiger partial charge in [-0.25, -0.2) is 0 Å². The number of methoxy groups -OCH3 is 1. The average Bonchev–Trinajstić information content (AvgIpc) is 3.17. The molecule has 2 amide bonds.